The van der Waals surface area contributed by atoms with Crippen molar-refractivity contribution in [3.8, 4) is 0 Å². The minimum atomic E-state index is -0.337. The van der Waals surface area contributed by atoms with Crippen LogP contribution < -0.4 is 10.5 Å². The Bertz CT molecular complexity index is 770. The first-order valence-corrected chi connectivity index (χ1v) is 9.19. The minimum Gasteiger partial charge on any atom is -0.366 e. The minimum absolute atomic E-state index is 0.219. The average molecular weight is 362 g/mol. The Hall–Kier alpha value is -1.92. The van der Waals surface area contributed by atoms with Crippen molar-refractivity contribution in [3.63, 3.8) is 0 Å². The van der Waals surface area contributed by atoms with Gasteiger partial charge in [-0.3, -0.25) is 14.7 Å². The highest BCUT2D eigenvalue weighted by molar-refractivity contribution is 6.32. The molecule has 1 aliphatic rings. The summed E-state index contributed by atoms with van der Waals surface area (Å²) in [4.78, 5) is 20.8. The highest BCUT2D eigenvalue weighted by Gasteiger charge is 2.26. The van der Waals surface area contributed by atoms with E-state index in [1.165, 1.54) is 11.3 Å². The van der Waals surface area contributed by atoms with Gasteiger partial charge in [-0.15, -0.1) is 0 Å². The normalized spacial score (nSPS) is 16.8. The molecular formula is C18H24ClN5O. The van der Waals surface area contributed by atoms with Gasteiger partial charge in [0.25, 0.3) is 5.56 Å². The molecule has 3 heterocycles. The van der Waals surface area contributed by atoms with Crippen LogP contribution in [0.25, 0.3) is 0 Å². The molecule has 1 atom stereocenters. The van der Waals surface area contributed by atoms with Crippen LogP contribution in [0.1, 0.15) is 37.6 Å². The number of halogens is 1. The standard InChI is InChI=1S/C18H24ClN5O/c1-3-14-13(6-5-7-20-14)15(4-2)23-8-10-24(11-9-23)16-12-21-22-18(25)17(16)19/h5-7,12,15H,3-4,8-11H2,1-2H3,(H,22,25)/t15-/m0/s1. The molecule has 25 heavy (non-hydrogen) atoms. The van der Waals surface area contributed by atoms with E-state index in [1.807, 2.05) is 12.3 Å². The van der Waals surface area contributed by atoms with Gasteiger partial charge in [0.1, 0.15) is 5.02 Å². The number of nitrogens with one attached hydrogen (secondary N) is 1. The molecule has 1 aliphatic heterocycles. The summed E-state index contributed by atoms with van der Waals surface area (Å²) < 4.78 is 0. The van der Waals surface area contributed by atoms with Gasteiger partial charge in [0.15, 0.2) is 0 Å². The van der Waals surface area contributed by atoms with Gasteiger partial charge in [0.05, 0.1) is 11.9 Å². The Labute approximate surface area is 152 Å². The summed E-state index contributed by atoms with van der Waals surface area (Å²) >= 11 is 6.14. The second-order valence-electron chi connectivity index (χ2n) is 6.24. The van der Waals surface area contributed by atoms with Gasteiger partial charge in [0, 0.05) is 44.1 Å². The zero-order valence-corrected chi connectivity index (χ0v) is 15.5. The lowest BCUT2D eigenvalue weighted by Gasteiger charge is -2.40. The number of H-pyrrole nitrogens is 1. The molecule has 7 heteroatoms. The lowest BCUT2D eigenvalue weighted by atomic mass is 9.99. The van der Waals surface area contributed by atoms with Crippen LogP contribution in [-0.4, -0.2) is 46.3 Å². The predicted molar refractivity (Wildman–Crippen MR) is 100 cm³/mol. The molecule has 0 bridgehead atoms. The molecule has 1 saturated heterocycles. The summed E-state index contributed by atoms with van der Waals surface area (Å²) in [6, 6.07) is 4.59. The summed E-state index contributed by atoms with van der Waals surface area (Å²) in [5, 5.41) is 6.46. The molecule has 3 rings (SSSR count). The molecule has 2 aromatic rings. The predicted octanol–water partition coefficient (Wildman–Crippen LogP) is 2.65. The molecule has 0 aromatic carbocycles. The molecule has 1 fully saturated rings. The molecule has 0 aliphatic carbocycles. The van der Waals surface area contributed by atoms with Crippen molar-refractivity contribution in [1.29, 1.82) is 0 Å². The van der Waals surface area contributed by atoms with Crippen LogP contribution >= 0.6 is 11.6 Å². The number of nitrogens with zero attached hydrogens (tertiary/aromatic N) is 4. The van der Waals surface area contributed by atoms with Crippen LogP contribution in [0, 0.1) is 0 Å². The van der Waals surface area contributed by atoms with E-state index in [-0.39, 0.29) is 10.6 Å². The van der Waals surface area contributed by atoms with Crippen LogP contribution in [0.15, 0.2) is 29.3 Å². The molecule has 6 nitrogen and oxygen atoms in total. The van der Waals surface area contributed by atoms with Gasteiger partial charge < -0.3 is 4.90 Å². The molecule has 1 N–H and O–H groups in total. The van der Waals surface area contributed by atoms with Crippen LogP contribution in [0.4, 0.5) is 5.69 Å². The first kappa shape index (κ1) is 17.9. The summed E-state index contributed by atoms with van der Waals surface area (Å²) in [6.45, 7) is 7.85. The van der Waals surface area contributed by atoms with Crippen LogP contribution in [0.5, 0.6) is 0 Å². The summed E-state index contributed by atoms with van der Waals surface area (Å²) in [6.07, 6.45) is 5.49. The van der Waals surface area contributed by atoms with E-state index >= 15 is 0 Å². The average Bonchev–Trinajstić information content (AvgIpc) is 2.66. The van der Waals surface area contributed by atoms with E-state index < -0.39 is 0 Å². The molecular weight excluding hydrogens is 338 g/mol. The number of piperazine rings is 1. The number of hydrogen-bond acceptors (Lipinski definition) is 5. The number of aryl methyl sites for hydroxylation is 1. The fraction of sp³-hybridized carbons (Fsp3) is 0.500. The Morgan fingerprint density at radius 1 is 1.28 bits per heavy atom. The largest absolute Gasteiger partial charge is 0.366 e. The molecule has 0 amide bonds. The SMILES string of the molecule is CCc1ncccc1[C@H](CC)N1CCN(c2cn[nH]c(=O)c2Cl)CC1. The van der Waals surface area contributed by atoms with Crippen molar-refractivity contribution >= 4 is 17.3 Å². The zero-order chi connectivity index (χ0) is 17.8. The van der Waals surface area contributed by atoms with Crippen molar-refractivity contribution in [1.82, 2.24) is 20.1 Å². The molecule has 0 saturated carbocycles. The van der Waals surface area contributed by atoms with Gasteiger partial charge in [-0.25, -0.2) is 5.10 Å². The van der Waals surface area contributed by atoms with Gasteiger partial charge in [0.2, 0.25) is 0 Å². The third-order valence-electron chi connectivity index (χ3n) is 4.88. The summed E-state index contributed by atoms with van der Waals surface area (Å²) in [5.41, 5.74) is 2.89. The molecule has 0 spiro atoms. The fourth-order valence-electron chi connectivity index (χ4n) is 3.59. The number of aromatic amines is 1. The molecule has 134 valence electrons. The van der Waals surface area contributed by atoms with E-state index in [4.69, 9.17) is 11.6 Å². The Morgan fingerprint density at radius 2 is 2.04 bits per heavy atom. The molecule has 0 radical (unpaired) electrons. The fourth-order valence-corrected chi connectivity index (χ4v) is 3.80. The number of rotatable bonds is 5. The van der Waals surface area contributed by atoms with Crippen molar-refractivity contribution in [2.24, 2.45) is 0 Å². The van der Waals surface area contributed by atoms with Crippen LogP contribution in [0.2, 0.25) is 5.02 Å². The van der Waals surface area contributed by atoms with E-state index in [0.717, 1.165) is 39.0 Å². The summed E-state index contributed by atoms with van der Waals surface area (Å²) in [7, 11) is 0. The Balaban J connectivity index is 1.74. The van der Waals surface area contributed by atoms with E-state index in [2.05, 4.69) is 44.9 Å². The number of aromatic nitrogens is 3. The monoisotopic (exact) mass is 361 g/mol. The second kappa shape index (κ2) is 7.97. The third kappa shape index (κ3) is 3.70. The maximum absolute atomic E-state index is 11.7. The number of hydrogen-bond donors (Lipinski definition) is 1. The number of anilines is 1. The third-order valence-corrected chi connectivity index (χ3v) is 5.24. The maximum atomic E-state index is 11.7. The van der Waals surface area contributed by atoms with E-state index in [1.54, 1.807) is 6.20 Å². The molecule has 0 unspecified atom stereocenters. The van der Waals surface area contributed by atoms with Crippen molar-refractivity contribution < 1.29 is 0 Å². The van der Waals surface area contributed by atoms with E-state index in [9.17, 15) is 4.79 Å². The smallest absolute Gasteiger partial charge is 0.285 e. The highest BCUT2D eigenvalue weighted by atomic mass is 35.5. The van der Waals surface area contributed by atoms with Crippen LogP contribution in [-0.2, 0) is 6.42 Å². The first-order chi connectivity index (χ1) is 12.2. The maximum Gasteiger partial charge on any atom is 0.285 e. The highest BCUT2D eigenvalue weighted by Crippen LogP contribution is 2.29. The number of pyridine rings is 1. The Morgan fingerprint density at radius 3 is 2.72 bits per heavy atom. The van der Waals surface area contributed by atoms with Crippen molar-refractivity contribution in [3.05, 3.63) is 51.2 Å². The van der Waals surface area contributed by atoms with Gasteiger partial charge in [-0.05, 0) is 24.5 Å². The lowest BCUT2D eigenvalue weighted by Crippen LogP contribution is -2.48. The Kier molecular flexibility index (Phi) is 5.71. The second-order valence-corrected chi connectivity index (χ2v) is 6.62. The topological polar surface area (TPSA) is 65.1 Å². The molecule has 2 aromatic heterocycles. The van der Waals surface area contributed by atoms with E-state index in [0.29, 0.717) is 11.7 Å². The van der Waals surface area contributed by atoms with Gasteiger partial charge in [-0.2, -0.15) is 5.10 Å². The van der Waals surface area contributed by atoms with Gasteiger partial charge >= 0.3 is 0 Å². The van der Waals surface area contributed by atoms with Gasteiger partial charge in [-0.1, -0.05) is 31.5 Å². The van der Waals surface area contributed by atoms with Crippen molar-refractivity contribution in [2.75, 3.05) is 31.1 Å². The lowest BCUT2D eigenvalue weighted by molar-refractivity contribution is 0.180. The van der Waals surface area contributed by atoms with Crippen molar-refractivity contribution in [2.45, 2.75) is 32.7 Å². The summed E-state index contributed by atoms with van der Waals surface area (Å²) in [5.74, 6) is 0. The quantitative estimate of drug-likeness (QED) is 0.886. The first-order valence-electron chi connectivity index (χ1n) is 8.81. The zero-order valence-electron chi connectivity index (χ0n) is 14.7. The van der Waals surface area contributed by atoms with Crippen LogP contribution in [0.3, 0.4) is 0 Å².